The lowest BCUT2D eigenvalue weighted by Crippen LogP contribution is -2.05. The molecule has 0 aliphatic rings. The first-order chi connectivity index (χ1) is 9.63. The summed E-state index contributed by atoms with van der Waals surface area (Å²) in [6.45, 7) is 1.89. The van der Waals surface area contributed by atoms with E-state index in [0.717, 1.165) is 21.4 Å². The van der Waals surface area contributed by atoms with Crippen LogP contribution in [0.15, 0.2) is 46.9 Å². The maximum atomic E-state index is 6.00. The highest BCUT2D eigenvalue weighted by atomic mass is 79.9. The summed E-state index contributed by atoms with van der Waals surface area (Å²) < 4.78 is 2.61. The first-order valence-electron chi connectivity index (χ1n) is 6.06. The van der Waals surface area contributed by atoms with E-state index in [1.165, 1.54) is 0 Å². The van der Waals surface area contributed by atoms with E-state index in [9.17, 15) is 0 Å². The van der Waals surface area contributed by atoms with Gasteiger partial charge in [-0.3, -0.25) is 0 Å². The first-order valence-corrected chi connectivity index (χ1v) is 6.85. The molecule has 0 spiro atoms. The molecule has 0 aliphatic carbocycles. The minimum absolute atomic E-state index is 0.529. The molecule has 2 N–H and O–H groups in total. The second kappa shape index (κ2) is 5.05. The Bertz CT molecular complexity index is 731. The summed E-state index contributed by atoms with van der Waals surface area (Å²) in [5.41, 5.74) is 8.66. The monoisotopic (exact) mass is 329 g/mol. The predicted molar refractivity (Wildman–Crippen MR) is 81.4 cm³/mol. The van der Waals surface area contributed by atoms with E-state index in [4.69, 9.17) is 5.73 Å². The number of hydrogen-bond donors (Lipinski definition) is 1. The molecule has 0 aliphatic heterocycles. The lowest BCUT2D eigenvalue weighted by molar-refractivity contribution is 0.816. The maximum absolute atomic E-state index is 6.00. The fourth-order valence-corrected chi connectivity index (χ4v) is 2.11. The summed E-state index contributed by atoms with van der Waals surface area (Å²) in [7, 11) is 0. The van der Waals surface area contributed by atoms with Gasteiger partial charge in [0.1, 0.15) is 5.82 Å². The fraction of sp³-hybridized carbons (Fsp3) is 0.0714. The van der Waals surface area contributed by atoms with Crippen molar-refractivity contribution in [2.24, 2.45) is 0 Å². The van der Waals surface area contributed by atoms with Gasteiger partial charge >= 0.3 is 0 Å². The van der Waals surface area contributed by atoms with Crippen molar-refractivity contribution in [3.63, 3.8) is 0 Å². The Morgan fingerprint density at radius 2 is 1.80 bits per heavy atom. The number of aryl methyl sites for hydroxylation is 1. The van der Waals surface area contributed by atoms with Gasteiger partial charge in [-0.05, 0) is 31.2 Å². The molecule has 3 rings (SSSR count). The number of benzene rings is 1. The van der Waals surface area contributed by atoms with Crippen LogP contribution < -0.4 is 5.73 Å². The van der Waals surface area contributed by atoms with Crippen molar-refractivity contribution in [1.82, 2.24) is 20.0 Å². The lowest BCUT2D eigenvalue weighted by Gasteiger charge is -2.01. The van der Waals surface area contributed by atoms with Crippen LogP contribution in [0.5, 0.6) is 0 Å². The summed E-state index contributed by atoms with van der Waals surface area (Å²) in [6, 6.07) is 13.4. The van der Waals surface area contributed by atoms with Gasteiger partial charge in [-0.2, -0.15) is 14.9 Å². The zero-order valence-electron chi connectivity index (χ0n) is 10.8. The average Bonchev–Trinajstić information content (AvgIpc) is 2.82. The number of nitrogens with zero attached hydrogens (tertiary/aromatic N) is 4. The van der Waals surface area contributed by atoms with E-state index in [-0.39, 0.29) is 0 Å². The molecule has 1 aromatic carbocycles. The minimum atomic E-state index is 0.529. The quantitative estimate of drug-likeness (QED) is 0.784. The number of halogens is 1. The van der Waals surface area contributed by atoms with Crippen LogP contribution in [0.4, 0.5) is 5.82 Å². The smallest absolute Gasteiger partial charge is 0.178 e. The third-order valence-electron chi connectivity index (χ3n) is 2.88. The molecular weight excluding hydrogens is 318 g/mol. The molecule has 0 unspecified atom stereocenters. The largest absolute Gasteiger partial charge is 0.384 e. The predicted octanol–water partition coefficient (Wildman–Crippen LogP) is 2.98. The number of aromatic nitrogens is 4. The van der Waals surface area contributed by atoms with Gasteiger partial charge in [-0.25, -0.2) is 0 Å². The van der Waals surface area contributed by atoms with Gasteiger partial charge in [-0.15, -0.1) is 5.10 Å². The Kier molecular flexibility index (Phi) is 3.23. The highest BCUT2D eigenvalue weighted by molar-refractivity contribution is 9.10. The first kappa shape index (κ1) is 12.8. The summed E-state index contributed by atoms with van der Waals surface area (Å²) in [5, 5.41) is 12.6. The highest BCUT2D eigenvalue weighted by Crippen LogP contribution is 2.23. The van der Waals surface area contributed by atoms with E-state index in [1.54, 1.807) is 4.68 Å². The highest BCUT2D eigenvalue weighted by Gasteiger charge is 2.10. The molecule has 100 valence electrons. The van der Waals surface area contributed by atoms with Gasteiger partial charge in [0.05, 0.1) is 11.4 Å². The molecule has 0 saturated heterocycles. The Labute approximate surface area is 124 Å². The van der Waals surface area contributed by atoms with Crippen molar-refractivity contribution in [3.8, 4) is 17.1 Å². The topological polar surface area (TPSA) is 69.6 Å². The number of anilines is 1. The van der Waals surface area contributed by atoms with Gasteiger partial charge in [-0.1, -0.05) is 28.1 Å². The van der Waals surface area contributed by atoms with Crippen LogP contribution in [-0.4, -0.2) is 20.0 Å². The Morgan fingerprint density at radius 3 is 2.45 bits per heavy atom. The zero-order chi connectivity index (χ0) is 14.1. The standard InChI is InChI=1S/C14H12BrN5/c1-9-2-7-14(18-17-9)20-13(16)8-12(19-20)10-3-5-11(15)6-4-10/h2-8H,16H2,1H3. The summed E-state index contributed by atoms with van der Waals surface area (Å²) in [6.07, 6.45) is 0. The van der Waals surface area contributed by atoms with Crippen molar-refractivity contribution >= 4 is 21.7 Å². The number of rotatable bonds is 2. The molecule has 0 atom stereocenters. The summed E-state index contributed by atoms with van der Waals surface area (Å²) >= 11 is 3.41. The maximum Gasteiger partial charge on any atom is 0.178 e. The number of nitrogens with two attached hydrogens (primary N) is 1. The Balaban J connectivity index is 2.02. The van der Waals surface area contributed by atoms with E-state index >= 15 is 0 Å². The Hall–Kier alpha value is -2.21. The molecule has 0 amide bonds. The molecule has 5 nitrogen and oxygen atoms in total. The van der Waals surface area contributed by atoms with Gasteiger partial charge in [0, 0.05) is 16.1 Å². The van der Waals surface area contributed by atoms with Crippen LogP contribution in [0.1, 0.15) is 5.69 Å². The van der Waals surface area contributed by atoms with E-state index in [2.05, 4.69) is 31.2 Å². The van der Waals surface area contributed by atoms with Gasteiger partial charge < -0.3 is 5.73 Å². The van der Waals surface area contributed by atoms with Crippen LogP contribution in [0, 0.1) is 6.92 Å². The van der Waals surface area contributed by atoms with Gasteiger partial charge in [0.25, 0.3) is 0 Å². The van der Waals surface area contributed by atoms with Crippen molar-refractivity contribution in [2.75, 3.05) is 5.73 Å². The van der Waals surface area contributed by atoms with Gasteiger partial charge in [0.2, 0.25) is 0 Å². The zero-order valence-corrected chi connectivity index (χ0v) is 12.4. The number of hydrogen-bond acceptors (Lipinski definition) is 4. The van der Waals surface area contributed by atoms with Crippen molar-refractivity contribution in [1.29, 1.82) is 0 Å². The van der Waals surface area contributed by atoms with E-state index in [0.29, 0.717) is 11.6 Å². The van der Waals surface area contributed by atoms with Crippen LogP contribution in [0.25, 0.3) is 17.1 Å². The molecule has 0 bridgehead atoms. The molecule has 0 fully saturated rings. The second-order valence-electron chi connectivity index (χ2n) is 4.41. The fourth-order valence-electron chi connectivity index (χ4n) is 1.85. The molecule has 20 heavy (non-hydrogen) atoms. The summed E-state index contributed by atoms with van der Waals surface area (Å²) in [5.74, 6) is 1.14. The van der Waals surface area contributed by atoms with Crippen LogP contribution in [-0.2, 0) is 0 Å². The summed E-state index contributed by atoms with van der Waals surface area (Å²) in [4.78, 5) is 0. The normalized spacial score (nSPS) is 10.7. The lowest BCUT2D eigenvalue weighted by atomic mass is 10.2. The molecule has 6 heteroatoms. The minimum Gasteiger partial charge on any atom is -0.384 e. The van der Waals surface area contributed by atoms with Crippen molar-refractivity contribution in [3.05, 3.63) is 52.6 Å². The molecular formula is C14H12BrN5. The van der Waals surface area contributed by atoms with Crippen LogP contribution in [0.2, 0.25) is 0 Å². The van der Waals surface area contributed by atoms with Crippen LogP contribution in [0.3, 0.4) is 0 Å². The molecule has 0 radical (unpaired) electrons. The van der Waals surface area contributed by atoms with Gasteiger partial charge in [0.15, 0.2) is 5.82 Å². The SMILES string of the molecule is Cc1ccc(-n2nc(-c3ccc(Br)cc3)cc2N)nn1. The van der Waals surface area contributed by atoms with E-state index < -0.39 is 0 Å². The molecule has 2 heterocycles. The average molecular weight is 330 g/mol. The van der Waals surface area contributed by atoms with Crippen molar-refractivity contribution < 1.29 is 0 Å². The third-order valence-corrected chi connectivity index (χ3v) is 3.41. The van der Waals surface area contributed by atoms with Crippen molar-refractivity contribution in [2.45, 2.75) is 6.92 Å². The third kappa shape index (κ3) is 2.42. The molecule has 0 saturated carbocycles. The van der Waals surface area contributed by atoms with Crippen LogP contribution >= 0.6 is 15.9 Å². The Morgan fingerprint density at radius 1 is 1.05 bits per heavy atom. The second-order valence-corrected chi connectivity index (χ2v) is 5.32. The molecule has 2 aromatic heterocycles. The number of nitrogen functional groups attached to an aromatic ring is 1. The molecule has 3 aromatic rings. The van der Waals surface area contributed by atoms with E-state index in [1.807, 2.05) is 49.4 Å².